The number of methoxy groups -OCH3 is 1. The average molecular weight is 476 g/mol. The van der Waals surface area contributed by atoms with Crippen molar-refractivity contribution in [1.82, 2.24) is 5.32 Å². The Kier molecular flexibility index (Phi) is 8.47. The number of halogens is 2. The van der Waals surface area contributed by atoms with Gasteiger partial charge in [0.25, 0.3) is 0 Å². The zero-order chi connectivity index (χ0) is 17.6. The molecule has 2 aromatic carbocycles. The number of nitrogens with two attached hydrogens (primary N) is 1. The van der Waals surface area contributed by atoms with Gasteiger partial charge in [-0.25, -0.2) is 4.99 Å². The summed E-state index contributed by atoms with van der Waals surface area (Å²) >= 11 is 6.14. The highest BCUT2D eigenvalue weighted by Gasteiger charge is 2.25. The van der Waals surface area contributed by atoms with Crippen LogP contribution in [0.15, 0.2) is 53.5 Å². The van der Waals surface area contributed by atoms with Crippen LogP contribution in [0.5, 0.6) is 5.75 Å². The Morgan fingerprint density at radius 3 is 2.56 bits per heavy atom. The Bertz CT molecular complexity index is 723. The molecule has 0 aliphatic heterocycles. The van der Waals surface area contributed by atoms with Crippen LogP contribution >= 0.6 is 35.6 Å². The molecule has 0 aromatic heterocycles. The van der Waals surface area contributed by atoms with Crippen molar-refractivity contribution in [1.29, 1.82) is 0 Å². The van der Waals surface area contributed by atoms with Crippen LogP contribution in [-0.4, -0.2) is 24.7 Å². The van der Waals surface area contributed by atoms with Crippen molar-refractivity contribution in [3.05, 3.63) is 64.7 Å². The molecule has 0 radical (unpaired) electrons. The first-order chi connectivity index (χ1) is 11.4. The number of para-hydroxylation sites is 1. The fourth-order valence-electron chi connectivity index (χ4n) is 2.32. The van der Waals surface area contributed by atoms with E-state index >= 15 is 0 Å². The molecule has 0 fully saturated rings. The van der Waals surface area contributed by atoms with Gasteiger partial charge in [0.2, 0.25) is 0 Å². The van der Waals surface area contributed by atoms with E-state index in [0.717, 1.165) is 11.3 Å². The quantitative estimate of drug-likeness (QED) is 0.340. The van der Waals surface area contributed by atoms with E-state index in [4.69, 9.17) is 22.1 Å². The van der Waals surface area contributed by atoms with Gasteiger partial charge in [0.15, 0.2) is 5.96 Å². The van der Waals surface area contributed by atoms with Crippen molar-refractivity contribution in [3.8, 4) is 5.75 Å². The van der Waals surface area contributed by atoms with Crippen LogP contribution in [-0.2, 0) is 12.1 Å². The van der Waals surface area contributed by atoms with Gasteiger partial charge in [-0.2, -0.15) is 0 Å². The van der Waals surface area contributed by atoms with Crippen molar-refractivity contribution in [2.24, 2.45) is 10.7 Å². The third-order valence-electron chi connectivity index (χ3n) is 3.68. The Balaban J connectivity index is 0.00000312. The highest BCUT2D eigenvalue weighted by atomic mass is 127. The first-order valence-corrected chi connectivity index (χ1v) is 7.95. The molecule has 0 spiro atoms. The van der Waals surface area contributed by atoms with E-state index in [1.54, 1.807) is 26.2 Å². The Labute approximate surface area is 170 Å². The monoisotopic (exact) mass is 475 g/mol. The lowest BCUT2D eigenvalue weighted by Gasteiger charge is -2.25. The van der Waals surface area contributed by atoms with E-state index in [1.807, 2.05) is 36.4 Å². The second-order valence-corrected chi connectivity index (χ2v) is 6.03. The summed E-state index contributed by atoms with van der Waals surface area (Å²) in [5.74, 6) is 1.00. The van der Waals surface area contributed by atoms with E-state index in [9.17, 15) is 5.11 Å². The Hall–Kier alpha value is -1.51. The molecule has 2 rings (SSSR count). The molecule has 2 aromatic rings. The van der Waals surface area contributed by atoms with Crippen molar-refractivity contribution in [3.63, 3.8) is 0 Å². The second-order valence-electron chi connectivity index (χ2n) is 5.62. The predicted octanol–water partition coefficient (Wildman–Crippen LogP) is 3.28. The van der Waals surface area contributed by atoms with Gasteiger partial charge in [0.05, 0.1) is 20.2 Å². The molecular formula is C18H23ClIN3O2. The molecule has 1 atom stereocenters. The molecule has 25 heavy (non-hydrogen) atoms. The van der Waals surface area contributed by atoms with Gasteiger partial charge < -0.3 is 20.9 Å². The number of guanidine groups is 1. The summed E-state index contributed by atoms with van der Waals surface area (Å²) < 4.78 is 5.28. The lowest BCUT2D eigenvalue weighted by molar-refractivity contribution is 0.0619. The molecule has 0 heterocycles. The zero-order valence-electron chi connectivity index (χ0n) is 14.2. The van der Waals surface area contributed by atoms with Crippen LogP contribution in [0.25, 0.3) is 0 Å². The standard InChI is InChI=1S/C18H22ClN3O2.HI/c1-18(23,14-8-4-5-9-15(14)19)12-22-17(20)21-11-13-7-3-6-10-16(13)24-2;/h3-10,23H,11-12H2,1-2H3,(H3,20,21,22);1H. The van der Waals surface area contributed by atoms with Gasteiger partial charge in [-0.15, -0.1) is 24.0 Å². The summed E-state index contributed by atoms with van der Waals surface area (Å²) in [6.07, 6.45) is 0. The highest BCUT2D eigenvalue weighted by molar-refractivity contribution is 14.0. The minimum absolute atomic E-state index is 0. The maximum absolute atomic E-state index is 10.6. The summed E-state index contributed by atoms with van der Waals surface area (Å²) in [6, 6.07) is 14.8. The van der Waals surface area contributed by atoms with Crippen LogP contribution in [0.4, 0.5) is 0 Å². The van der Waals surface area contributed by atoms with Gasteiger partial charge in [-0.1, -0.05) is 48.0 Å². The van der Waals surface area contributed by atoms with Gasteiger partial charge >= 0.3 is 0 Å². The maximum atomic E-state index is 10.6. The highest BCUT2D eigenvalue weighted by Crippen LogP contribution is 2.27. The molecule has 7 heteroatoms. The number of nitrogens with zero attached hydrogens (tertiary/aromatic N) is 1. The summed E-state index contributed by atoms with van der Waals surface area (Å²) in [6.45, 7) is 2.25. The van der Waals surface area contributed by atoms with Crippen molar-refractivity contribution < 1.29 is 9.84 Å². The molecular weight excluding hydrogens is 453 g/mol. The van der Waals surface area contributed by atoms with E-state index in [1.165, 1.54) is 0 Å². The normalized spacial score (nSPS) is 13.5. The third kappa shape index (κ3) is 6.05. The van der Waals surface area contributed by atoms with Crippen LogP contribution in [0.3, 0.4) is 0 Å². The smallest absolute Gasteiger partial charge is 0.189 e. The predicted molar refractivity (Wildman–Crippen MR) is 113 cm³/mol. The van der Waals surface area contributed by atoms with Crippen LogP contribution in [0.1, 0.15) is 18.1 Å². The van der Waals surface area contributed by atoms with E-state index in [-0.39, 0.29) is 36.5 Å². The van der Waals surface area contributed by atoms with Crippen LogP contribution < -0.4 is 15.8 Å². The van der Waals surface area contributed by atoms with Crippen molar-refractivity contribution >= 4 is 41.5 Å². The number of aliphatic hydroxyl groups is 1. The number of hydrogen-bond donors (Lipinski definition) is 3. The van der Waals surface area contributed by atoms with Crippen LogP contribution in [0, 0.1) is 0 Å². The van der Waals surface area contributed by atoms with Crippen molar-refractivity contribution in [2.75, 3.05) is 13.7 Å². The average Bonchev–Trinajstić information content (AvgIpc) is 2.58. The number of ether oxygens (including phenoxy) is 1. The maximum Gasteiger partial charge on any atom is 0.189 e. The number of rotatable bonds is 6. The molecule has 0 amide bonds. The molecule has 5 nitrogen and oxygen atoms in total. The fraction of sp³-hybridized carbons (Fsp3) is 0.278. The minimum Gasteiger partial charge on any atom is -0.496 e. The van der Waals surface area contributed by atoms with E-state index < -0.39 is 5.60 Å². The Morgan fingerprint density at radius 1 is 1.24 bits per heavy atom. The first-order valence-electron chi connectivity index (χ1n) is 7.57. The topological polar surface area (TPSA) is 79.9 Å². The second kappa shape index (κ2) is 9.84. The summed E-state index contributed by atoms with van der Waals surface area (Å²) in [7, 11) is 1.62. The molecule has 0 aliphatic rings. The summed E-state index contributed by atoms with van der Waals surface area (Å²) in [5.41, 5.74) is 6.30. The van der Waals surface area contributed by atoms with E-state index in [0.29, 0.717) is 17.1 Å². The SMILES string of the molecule is COc1ccccc1CN=C(N)NCC(C)(O)c1ccccc1Cl.I. The lowest BCUT2D eigenvalue weighted by Crippen LogP contribution is -2.42. The fourth-order valence-corrected chi connectivity index (χ4v) is 2.66. The number of hydrogen-bond acceptors (Lipinski definition) is 3. The molecule has 0 aliphatic carbocycles. The van der Waals surface area contributed by atoms with Gasteiger partial charge in [0.1, 0.15) is 11.4 Å². The largest absolute Gasteiger partial charge is 0.496 e. The third-order valence-corrected chi connectivity index (χ3v) is 4.01. The first kappa shape index (κ1) is 21.5. The van der Waals surface area contributed by atoms with Crippen LogP contribution in [0.2, 0.25) is 5.02 Å². The molecule has 1 unspecified atom stereocenters. The molecule has 0 bridgehead atoms. The summed E-state index contributed by atoms with van der Waals surface area (Å²) in [5, 5.41) is 14.0. The molecule has 0 saturated heterocycles. The molecule has 0 saturated carbocycles. The number of aliphatic imine (C=N–C) groups is 1. The molecule has 4 N–H and O–H groups in total. The van der Waals surface area contributed by atoms with Gasteiger partial charge in [0, 0.05) is 16.1 Å². The number of benzene rings is 2. The Morgan fingerprint density at radius 2 is 1.88 bits per heavy atom. The van der Waals surface area contributed by atoms with E-state index in [2.05, 4.69) is 10.3 Å². The lowest BCUT2D eigenvalue weighted by atomic mass is 9.96. The molecule has 136 valence electrons. The number of nitrogens with one attached hydrogen (secondary N) is 1. The van der Waals surface area contributed by atoms with Gasteiger partial charge in [-0.3, -0.25) is 0 Å². The van der Waals surface area contributed by atoms with Gasteiger partial charge in [-0.05, 0) is 19.1 Å². The summed E-state index contributed by atoms with van der Waals surface area (Å²) in [4.78, 5) is 4.28. The van der Waals surface area contributed by atoms with Crippen molar-refractivity contribution in [2.45, 2.75) is 19.1 Å². The zero-order valence-corrected chi connectivity index (χ0v) is 17.3. The minimum atomic E-state index is -1.16.